The lowest BCUT2D eigenvalue weighted by molar-refractivity contribution is 0.627. The van der Waals surface area contributed by atoms with Crippen molar-refractivity contribution in [2.75, 3.05) is 5.32 Å². The van der Waals surface area contributed by atoms with E-state index in [1.165, 1.54) is 12.1 Å². The van der Waals surface area contributed by atoms with Gasteiger partial charge in [0.2, 0.25) is 0 Å². The Kier molecular flexibility index (Phi) is 2.72. The predicted octanol–water partition coefficient (Wildman–Crippen LogP) is 3.07. The van der Waals surface area contributed by atoms with E-state index in [-0.39, 0.29) is 5.82 Å². The van der Waals surface area contributed by atoms with Crippen molar-refractivity contribution in [3.05, 3.63) is 53.6 Å². The maximum absolute atomic E-state index is 13.0. The molecular weight excluding hydrogens is 191 g/mol. The van der Waals surface area contributed by atoms with Crippen LogP contribution >= 0.6 is 0 Å². The van der Waals surface area contributed by atoms with Gasteiger partial charge in [-0.2, -0.15) is 0 Å². The second kappa shape index (κ2) is 4.17. The van der Waals surface area contributed by atoms with Crippen LogP contribution in [0.25, 0.3) is 0 Å². The zero-order valence-electron chi connectivity index (χ0n) is 8.55. The molecule has 2 rings (SSSR count). The summed E-state index contributed by atoms with van der Waals surface area (Å²) in [6, 6.07) is 6.93. The maximum Gasteiger partial charge on any atom is 0.125 e. The highest BCUT2D eigenvalue weighted by atomic mass is 19.1. The van der Waals surface area contributed by atoms with Crippen molar-refractivity contribution in [2.45, 2.75) is 13.5 Å². The zero-order chi connectivity index (χ0) is 10.7. The fourth-order valence-electron chi connectivity index (χ4n) is 1.51. The Morgan fingerprint density at radius 1 is 1.33 bits per heavy atom. The Labute approximate surface area is 88.1 Å². The van der Waals surface area contributed by atoms with Crippen LogP contribution in [0.2, 0.25) is 0 Å². The number of rotatable bonds is 3. The monoisotopic (exact) mass is 204 g/mol. The molecule has 0 aliphatic heterocycles. The number of aryl methyl sites for hydroxylation is 1. The summed E-state index contributed by atoms with van der Waals surface area (Å²) in [5.74, 6) is -0.202. The molecule has 15 heavy (non-hydrogen) atoms. The molecule has 0 radical (unpaired) electrons. The van der Waals surface area contributed by atoms with Gasteiger partial charge in [0, 0.05) is 24.6 Å². The Morgan fingerprint density at radius 3 is 2.87 bits per heavy atom. The number of halogens is 1. The molecule has 0 saturated carbocycles. The van der Waals surface area contributed by atoms with E-state index in [1.807, 2.05) is 31.5 Å². The van der Waals surface area contributed by atoms with Gasteiger partial charge in [0.05, 0.1) is 0 Å². The van der Waals surface area contributed by atoms with Gasteiger partial charge in [-0.1, -0.05) is 0 Å². The third kappa shape index (κ3) is 2.59. The number of H-pyrrole nitrogens is 1. The summed E-state index contributed by atoms with van der Waals surface area (Å²) in [6.45, 7) is 2.58. The Bertz CT molecular complexity index is 415. The van der Waals surface area contributed by atoms with E-state index in [9.17, 15) is 4.39 Å². The van der Waals surface area contributed by atoms with Gasteiger partial charge in [0.25, 0.3) is 0 Å². The molecule has 0 aliphatic carbocycles. The lowest BCUT2D eigenvalue weighted by atomic mass is 10.2. The van der Waals surface area contributed by atoms with Gasteiger partial charge in [-0.3, -0.25) is 0 Å². The summed E-state index contributed by atoms with van der Waals surface area (Å²) in [7, 11) is 0. The molecule has 0 fully saturated rings. The molecule has 1 aromatic carbocycles. The quantitative estimate of drug-likeness (QED) is 0.790. The largest absolute Gasteiger partial charge is 0.381 e. The van der Waals surface area contributed by atoms with Crippen LogP contribution in [-0.4, -0.2) is 4.98 Å². The zero-order valence-corrected chi connectivity index (χ0v) is 8.55. The number of benzene rings is 1. The predicted molar refractivity (Wildman–Crippen MR) is 59.3 cm³/mol. The second-order valence-electron chi connectivity index (χ2n) is 3.59. The van der Waals surface area contributed by atoms with E-state index < -0.39 is 0 Å². The van der Waals surface area contributed by atoms with Crippen molar-refractivity contribution in [3.8, 4) is 0 Å². The molecule has 3 heteroatoms. The van der Waals surface area contributed by atoms with Gasteiger partial charge >= 0.3 is 0 Å². The van der Waals surface area contributed by atoms with Crippen LogP contribution in [0.5, 0.6) is 0 Å². The number of nitrogens with one attached hydrogen (secondary N) is 2. The highest BCUT2D eigenvalue weighted by molar-refractivity contribution is 5.46. The van der Waals surface area contributed by atoms with Gasteiger partial charge in [0.1, 0.15) is 5.82 Å². The molecule has 0 spiro atoms. The molecule has 2 N–H and O–H groups in total. The molecule has 0 amide bonds. The van der Waals surface area contributed by atoms with E-state index >= 15 is 0 Å². The molecule has 0 aliphatic rings. The molecule has 1 heterocycles. The first-order chi connectivity index (χ1) is 7.24. The molecule has 2 aromatic rings. The van der Waals surface area contributed by atoms with Crippen LogP contribution in [0.15, 0.2) is 36.7 Å². The highest BCUT2D eigenvalue weighted by Crippen LogP contribution is 2.14. The average Bonchev–Trinajstić information content (AvgIpc) is 2.65. The lowest BCUT2D eigenvalue weighted by Crippen LogP contribution is -1.98. The fourth-order valence-corrected chi connectivity index (χ4v) is 1.51. The molecule has 0 saturated heterocycles. The molecule has 0 unspecified atom stereocenters. The first kappa shape index (κ1) is 9.77. The minimum Gasteiger partial charge on any atom is -0.381 e. The molecule has 78 valence electrons. The van der Waals surface area contributed by atoms with Crippen LogP contribution in [0.1, 0.15) is 11.1 Å². The number of anilines is 1. The van der Waals surface area contributed by atoms with E-state index in [1.54, 1.807) is 0 Å². The first-order valence-corrected chi connectivity index (χ1v) is 4.87. The summed E-state index contributed by atoms with van der Waals surface area (Å²) >= 11 is 0. The van der Waals surface area contributed by atoms with Gasteiger partial charge < -0.3 is 10.3 Å². The van der Waals surface area contributed by atoms with Crippen molar-refractivity contribution in [3.63, 3.8) is 0 Å². The lowest BCUT2D eigenvalue weighted by Gasteiger charge is -2.06. The number of aromatic amines is 1. The van der Waals surface area contributed by atoms with Crippen LogP contribution in [0.3, 0.4) is 0 Å². The van der Waals surface area contributed by atoms with Crippen LogP contribution in [-0.2, 0) is 6.54 Å². The summed E-state index contributed by atoms with van der Waals surface area (Å²) < 4.78 is 13.0. The number of aromatic nitrogens is 1. The number of hydrogen-bond acceptors (Lipinski definition) is 1. The fraction of sp³-hybridized carbons (Fsp3) is 0.167. The van der Waals surface area contributed by atoms with Crippen LogP contribution in [0, 0.1) is 12.7 Å². The molecular formula is C12H13FN2. The molecule has 2 nitrogen and oxygen atoms in total. The van der Waals surface area contributed by atoms with Crippen molar-refractivity contribution in [1.82, 2.24) is 4.98 Å². The van der Waals surface area contributed by atoms with E-state index in [4.69, 9.17) is 0 Å². The summed E-state index contributed by atoms with van der Waals surface area (Å²) in [6.07, 6.45) is 3.78. The van der Waals surface area contributed by atoms with E-state index in [0.717, 1.165) is 16.8 Å². The van der Waals surface area contributed by atoms with Crippen molar-refractivity contribution < 1.29 is 4.39 Å². The minimum absolute atomic E-state index is 0.202. The van der Waals surface area contributed by atoms with Crippen molar-refractivity contribution >= 4 is 5.69 Å². The van der Waals surface area contributed by atoms with E-state index in [0.29, 0.717) is 6.54 Å². The highest BCUT2D eigenvalue weighted by Gasteiger charge is 1.98. The topological polar surface area (TPSA) is 27.8 Å². The maximum atomic E-state index is 13.0. The smallest absolute Gasteiger partial charge is 0.125 e. The number of hydrogen-bond donors (Lipinski definition) is 2. The van der Waals surface area contributed by atoms with Crippen molar-refractivity contribution in [2.24, 2.45) is 0 Å². The van der Waals surface area contributed by atoms with Gasteiger partial charge in [0.15, 0.2) is 0 Å². The standard InChI is InChI=1S/C12H13FN2/c1-9-4-11(13)6-12(5-9)15-8-10-2-3-14-7-10/h2-7,14-15H,8H2,1H3. The third-order valence-electron chi connectivity index (χ3n) is 2.20. The van der Waals surface area contributed by atoms with Gasteiger partial charge in [-0.15, -0.1) is 0 Å². The Morgan fingerprint density at radius 2 is 2.20 bits per heavy atom. The molecule has 0 atom stereocenters. The van der Waals surface area contributed by atoms with Gasteiger partial charge in [-0.25, -0.2) is 4.39 Å². The summed E-state index contributed by atoms with van der Waals surface area (Å²) in [5, 5.41) is 3.17. The first-order valence-electron chi connectivity index (χ1n) is 4.87. The summed E-state index contributed by atoms with van der Waals surface area (Å²) in [5.41, 5.74) is 2.89. The summed E-state index contributed by atoms with van der Waals surface area (Å²) in [4.78, 5) is 2.97. The molecule has 0 bridgehead atoms. The Balaban J connectivity index is 2.05. The Hall–Kier alpha value is -1.77. The third-order valence-corrected chi connectivity index (χ3v) is 2.20. The van der Waals surface area contributed by atoms with E-state index in [2.05, 4.69) is 10.3 Å². The van der Waals surface area contributed by atoms with Crippen molar-refractivity contribution in [1.29, 1.82) is 0 Å². The van der Waals surface area contributed by atoms with Crippen LogP contribution in [0.4, 0.5) is 10.1 Å². The second-order valence-corrected chi connectivity index (χ2v) is 3.59. The van der Waals surface area contributed by atoms with Gasteiger partial charge in [-0.05, 0) is 42.3 Å². The molecule has 1 aromatic heterocycles. The average molecular weight is 204 g/mol. The minimum atomic E-state index is -0.202. The van der Waals surface area contributed by atoms with Crippen LogP contribution < -0.4 is 5.32 Å². The normalized spacial score (nSPS) is 10.3. The SMILES string of the molecule is Cc1cc(F)cc(NCc2cc[nH]c2)c1.